The van der Waals surface area contributed by atoms with Crippen LogP contribution in [-0.2, 0) is 0 Å². The van der Waals surface area contributed by atoms with Gasteiger partial charge in [0.25, 0.3) is 0 Å². The molecule has 0 radical (unpaired) electrons. The number of hydrogen-bond acceptors (Lipinski definition) is 1. The maximum absolute atomic E-state index is 6.42. The maximum atomic E-state index is 6.42. The third-order valence-corrected chi connectivity index (χ3v) is 12.4. The Morgan fingerprint density at radius 2 is 0.725 bits per heavy atom. The van der Waals surface area contributed by atoms with Gasteiger partial charge >= 0.3 is 0 Å². The van der Waals surface area contributed by atoms with E-state index in [0.29, 0.717) is 12.1 Å². The fraction of sp³-hybridized carbons (Fsp3) is 0.250. The van der Waals surface area contributed by atoms with Crippen LogP contribution in [0, 0.1) is 0 Å². The molecule has 3 heterocycles. The van der Waals surface area contributed by atoms with Crippen molar-refractivity contribution in [2.45, 2.75) is 76.3 Å². The van der Waals surface area contributed by atoms with Crippen LogP contribution in [0.2, 0.25) is 0 Å². The molecular weight excluding hydrogens is 621 g/mol. The fourth-order valence-corrected chi connectivity index (χ4v) is 9.97. The van der Waals surface area contributed by atoms with E-state index in [1.807, 2.05) is 0 Å². The molecule has 3 nitrogen and oxygen atoms in total. The molecule has 3 aromatic heterocycles. The zero-order chi connectivity index (χ0) is 33.5. The van der Waals surface area contributed by atoms with Gasteiger partial charge in [-0.2, -0.15) is 0 Å². The van der Waals surface area contributed by atoms with E-state index in [9.17, 15) is 0 Å². The van der Waals surface area contributed by atoms with E-state index in [4.69, 9.17) is 4.42 Å². The van der Waals surface area contributed by atoms with E-state index in [-0.39, 0.29) is 0 Å². The summed E-state index contributed by atoms with van der Waals surface area (Å²) in [5, 5.41) is 7.77. The minimum atomic E-state index is 0.589. The van der Waals surface area contributed by atoms with Crippen molar-refractivity contribution in [2.24, 2.45) is 0 Å². The molecule has 2 saturated carbocycles. The van der Waals surface area contributed by atoms with Crippen molar-refractivity contribution in [1.29, 1.82) is 0 Å². The lowest BCUT2D eigenvalue weighted by molar-refractivity contribution is 0.367. The molecule has 3 heteroatoms. The van der Waals surface area contributed by atoms with Crippen LogP contribution in [0.15, 0.2) is 126 Å². The lowest BCUT2D eigenvalue weighted by atomic mass is 9.95. The van der Waals surface area contributed by atoms with Crippen molar-refractivity contribution in [3.8, 4) is 22.3 Å². The first-order chi connectivity index (χ1) is 25.3. The monoisotopic (exact) mass is 662 g/mol. The van der Waals surface area contributed by atoms with Crippen LogP contribution in [-0.4, -0.2) is 9.13 Å². The third kappa shape index (κ3) is 4.63. The SMILES string of the molecule is c1ccc2c(c1)c1cc(-c3ccc4oc5ccc(-c6ccc7c(c6)c6ccccc6n7C6CCCCC6)cc5c4c3)ccc1n2C1CCCCC1. The largest absolute Gasteiger partial charge is 0.456 e. The Morgan fingerprint density at radius 3 is 1.18 bits per heavy atom. The van der Waals surface area contributed by atoms with Gasteiger partial charge in [-0.15, -0.1) is 0 Å². The Morgan fingerprint density at radius 1 is 0.353 bits per heavy atom. The second kappa shape index (κ2) is 11.6. The van der Waals surface area contributed by atoms with Crippen LogP contribution in [0.25, 0.3) is 87.8 Å². The molecule has 11 rings (SSSR count). The Hall–Kier alpha value is -5.28. The molecule has 51 heavy (non-hydrogen) atoms. The molecule has 0 atom stereocenters. The molecule has 250 valence electrons. The first-order valence-electron chi connectivity index (χ1n) is 19.3. The number of fused-ring (bicyclic) bond motifs is 9. The second-order valence-corrected chi connectivity index (χ2v) is 15.3. The number of rotatable bonds is 4. The molecule has 2 aliphatic rings. The van der Waals surface area contributed by atoms with E-state index in [2.05, 4.69) is 130 Å². The summed E-state index contributed by atoms with van der Waals surface area (Å²) in [4.78, 5) is 0. The van der Waals surface area contributed by atoms with Crippen molar-refractivity contribution in [2.75, 3.05) is 0 Å². The van der Waals surface area contributed by atoms with Crippen LogP contribution in [0.1, 0.15) is 76.3 Å². The van der Waals surface area contributed by atoms with Gasteiger partial charge in [0, 0.05) is 66.5 Å². The Bertz CT molecular complexity index is 2590. The lowest BCUT2D eigenvalue weighted by Gasteiger charge is -2.25. The van der Waals surface area contributed by atoms with Gasteiger partial charge in [-0.1, -0.05) is 99.2 Å². The van der Waals surface area contributed by atoms with E-state index >= 15 is 0 Å². The van der Waals surface area contributed by atoms with E-state index in [1.165, 1.54) is 141 Å². The highest BCUT2D eigenvalue weighted by molar-refractivity contribution is 6.12. The van der Waals surface area contributed by atoms with Gasteiger partial charge in [-0.25, -0.2) is 0 Å². The molecular formula is C48H42N2O. The first kappa shape index (κ1) is 29.5. The summed E-state index contributed by atoms with van der Waals surface area (Å²) in [6.45, 7) is 0. The number of furan rings is 1. The standard InChI is InChI=1S/C48H42N2O/c1-3-11-35(12-4-1)49-43-17-9-7-15-37(43)39-27-31(19-23-45(39)49)33-21-25-47-41(29-33)42-30-34(22-26-48(42)51-47)32-20-24-46-40(28-32)38-16-8-10-18-44(38)50(46)36-13-5-2-6-14-36/h7-10,15-30,35-36H,1-6,11-14H2. The fourth-order valence-electron chi connectivity index (χ4n) is 9.97. The van der Waals surface area contributed by atoms with Gasteiger partial charge in [0.15, 0.2) is 0 Å². The highest BCUT2D eigenvalue weighted by Crippen LogP contribution is 2.42. The molecule has 2 fully saturated rings. The van der Waals surface area contributed by atoms with Gasteiger partial charge in [0.05, 0.1) is 0 Å². The van der Waals surface area contributed by atoms with Gasteiger partial charge in [0.1, 0.15) is 11.2 Å². The highest BCUT2D eigenvalue weighted by atomic mass is 16.3. The lowest BCUT2D eigenvalue weighted by Crippen LogP contribution is -2.12. The maximum Gasteiger partial charge on any atom is 0.135 e. The average Bonchev–Trinajstić information content (AvgIpc) is 3.85. The van der Waals surface area contributed by atoms with E-state index < -0.39 is 0 Å². The van der Waals surface area contributed by atoms with Gasteiger partial charge in [0.2, 0.25) is 0 Å². The summed E-state index contributed by atoms with van der Waals surface area (Å²) in [5.74, 6) is 0. The quantitative estimate of drug-likeness (QED) is 0.184. The summed E-state index contributed by atoms with van der Waals surface area (Å²) in [5.41, 5.74) is 12.3. The van der Waals surface area contributed by atoms with Crippen LogP contribution in [0.4, 0.5) is 0 Å². The molecule has 2 aliphatic carbocycles. The first-order valence-corrected chi connectivity index (χ1v) is 19.3. The number of para-hydroxylation sites is 2. The molecule has 6 aromatic carbocycles. The van der Waals surface area contributed by atoms with Gasteiger partial charge in [-0.05, 0) is 109 Å². The van der Waals surface area contributed by atoms with Crippen molar-refractivity contribution in [3.63, 3.8) is 0 Å². The molecule has 0 spiro atoms. The molecule has 0 saturated heterocycles. The predicted octanol–water partition coefficient (Wildman–Crippen LogP) is 14.1. The second-order valence-electron chi connectivity index (χ2n) is 15.3. The Kier molecular flexibility index (Phi) is 6.72. The number of benzene rings is 6. The van der Waals surface area contributed by atoms with Crippen LogP contribution in [0.5, 0.6) is 0 Å². The Balaban J connectivity index is 1.02. The summed E-state index contributed by atoms with van der Waals surface area (Å²) in [6, 6.07) is 46.9. The smallest absolute Gasteiger partial charge is 0.135 e. The van der Waals surface area contributed by atoms with Crippen LogP contribution < -0.4 is 0 Å². The van der Waals surface area contributed by atoms with Crippen molar-refractivity contribution >= 4 is 65.6 Å². The average molecular weight is 663 g/mol. The predicted molar refractivity (Wildman–Crippen MR) is 215 cm³/mol. The van der Waals surface area contributed by atoms with E-state index in [1.54, 1.807) is 0 Å². The summed E-state index contributed by atoms with van der Waals surface area (Å²) in [6.07, 6.45) is 13.2. The molecule has 0 aliphatic heterocycles. The topological polar surface area (TPSA) is 23.0 Å². The van der Waals surface area contributed by atoms with Crippen LogP contribution in [0.3, 0.4) is 0 Å². The summed E-state index contributed by atoms with van der Waals surface area (Å²) in [7, 11) is 0. The van der Waals surface area contributed by atoms with Crippen molar-refractivity contribution in [3.05, 3.63) is 121 Å². The third-order valence-electron chi connectivity index (χ3n) is 12.4. The molecule has 0 amide bonds. The van der Waals surface area contributed by atoms with Crippen LogP contribution >= 0.6 is 0 Å². The highest BCUT2D eigenvalue weighted by Gasteiger charge is 2.23. The normalized spacial score (nSPS) is 16.5. The van der Waals surface area contributed by atoms with Gasteiger partial charge < -0.3 is 13.6 Å². The minimum Gasteiger partial charge on any atom is -0.456 e. The number of aromatic nitrogens is 2. The number of nitrogens with zero attached hydrogens (tertiary/aromatic N) is 2. The molecule has 9 aromatic rings. The zero-order valence-corrected chi connectivity index (χ0v) is 29.1. The van der Waals surface area contributed by atoms with Crippen molar-refractivity contribution < 1.29 is 4.42 Å². The molecule has 0 N–H and O–H groups in total. The minimum absolute atomic E-state index is 0.589. The summed E-state index contributed by atoms with van der Waals surface area (Å²) < 4.78 is 11.7. The Labute approximate surface area is 298 Å². The van der Waals surface area contributed by atoms with E-state index in [0.717, 1.165) is 11.2 Å². The molecule has 0 bridgehead atoms. The zero-order valence-electron chi connectivity index (χ0n) is 29.1. The number of hydrogen-bond donors (Lipinski definition) is 0. The van der Waals surface area contributed by atoms with Gasteiger partial charge in [-0.3, -0.25) is 0 Å². The molecule has 0 unspecified atom stereocenters. The van der Waals surface area contributed by atoms with Crippen molar-refractivity contribution in [1.82, 2.24) is 9.13 Å². The summed E-state index contributed by atoms with van der Waals surface area (Å²) >= 11 is 0.